The molecule has 0 radical (unpaired) electrons. The molecular formula is C15H27NO4. The van der Waals surface area contributed by atoms with E-state index < -0.39 is 0 Å². The van der Waals surface area contributed by atoms with Crippen LogP contribution in [0.2, 0.25) is 0 Å². The van der Waals surface area contributed by atoms with Crippen molar-refractivity contribution in [2.24, 2.45) is 0 Å². The van der Waals surface area contributed by atoms with Gasteiger partial charge >= 0.3 is 0 Å². The Balaban J connectivity index is 1.37. The highest BCUT2D eigenvalue weighted by Gasteiger charge is 2.44. The van der Waals surface area contributed by atoms with Crippen molar-refractivity contribution in [2.45, 2.75) is 56.5 Å². The van der Waals surface area contributed by atoms with E-state index in [-0.39, 0.29) is 18.5 Å². The van der Waals surface area contributed by atoms with E-state index in [2.05, 4.69) is 4.90 Å². The molecule has 5 nitrogen and oxygen atoms in total. The summed E-state index contributed by atoms with van der Waals surface area (Å²) in [6, 6.07) is 0. The van der Waals surface area contributed by atoms with Crippen molar-refractivity contribution < 1.29 is 19.3 Å². The second-order valence-corrected chi connectivity index (χ2v) is 6.26. The normalized spacial score (nSPS) is 31.4. The number of piperidine rings is 1. The first-order chi connectivity index (χ1) is 9.80. The highest BCUT2D eigenvalue weighted by atomic mass is 16.7. The summed E-state index contributed by atoms with van der Waals surface area (Å²) in [5.41, 5.74) is 0. The molecule has 3 aliphatic rings. The molecule has 0 aromatic carbocycles. The molecule has 1 atom stereocenters. The van der Waals surface area contributed by atoms with Crippen molar-refractivity contribution in [3.05, 3.63) is 0 Å². The fourth-order valence-electron chi connectivity index (χ4n) is 3.65. The van der Waals surface area contributed by atoms with Crippen molar-refractivity contribution in [3.63, 3.8) is 0 Å². The molecule has 0 aromatic heterocycles. The summed E-state index contributed by atoms with van der Waals surface area (Å²) in [5.74, 6) is -0.229. The smallest absolute Gasteiger partial charge is 0.168 e. The second-order valence-electron chi connectivity index (χ2n) is 6.26. The molecule has 3 rings (SSSR count). The molecule has 0 amide bonds. The van der Waals surface area contributed by atoms with Crippen LogP contribution in [0.15, 0.2) is 0 Å². The maximum atomic E-state index is 8.77. The predicted molar refractivity (Wildman–Crippen MR) is 74.5 cm³/mol. The third kappa shape index (κ3) is 3.52. The Labute approximate surface area is 121 Å². The first-order valence-corrected chi connectivity index (χ1v) is 8.06. The molecule has 1 N–H and O–H groups in total. The number of aliphatic hydroxyl groups excluding tert-OH is 1. The van der Waals surface area contributed by atoms with Gasteiger partial charge in [0.1, 0.15) is 0 Å². The Kier molecular flexibility index (Phi) is 4.94. The van der Waals surface area contributed by atoms with Crippen LogP contribution in [-0.4, -0.2) is 67.5 Å². The first-order valence-electron chi connectivity index (χ1n) is 8.06. The van der Waals surface area contributed by atoms with Crippen LogP contribution in [0.4, 0.5) is 0 Å². The maximum Gasteiger partial charge on any atom is 0.168 e. The topological polar surface area (TPSA) is 51.2 Å². The molecule has 0 bridgehead atoms. The maximum absolute atomic E-state index is 8.77. The Morgan fingerprint density at radius 3 is 2.65 bits per heavy atom. The highest BCUT2D eigenvalue weighted by Crippen LogP contribution is 2.39. The minimum Gasteiger partial charge on any atom is -0.394 e. The van der Waals surface area contributed by atoms with E-state index in [1.165, 1.54) is 12.8 Å². The third-order valence-corrected chi connectivity index (χ3v) is 4.72. The largest absolute Gasteiger partial charge is 0.394 e. The lowest BCUT2D eigenvalue weighted by Gasteiger charge is -2.33. The van der Waals surface area contributed by atoms with Gasteiger partial charge in [-0.25, -0.2) is 0 Å². The van der Waals surface area contributed by atoms with Gasteiger partial charge in [0, 0.05) is 32.5 Å². The molecule has 5 heteroatoms. The van der Waals surface area contributed by atoms with Crippen LogP contribution < -0.4 is 0 Å². The van der Waals surface area contributed by atoms with Crippen LogP contribution >= 0.6 is 0 Å². The molecule has 2 heterocycles. The lowest BCUT2D eigenvalue weighted by molar-refractivity contribution is -0.163. The number of rotatable bonds is 5. The van der Waals surface area contributed by atoms with Crippen LogP contribution in [0.5, 0.6) is 0 Å². The summed E-state index contributed by atoms with van der Waals surface area (Å²) in [6.07, 6.45) is 7.28. The zero-order chi connectivity index (χ0) is 13.8. The summed E-state index contributed by atoms with van der Waals surface area (Å²) < 4.78 is 17.7. The first kappa shape index (κ1) is 14.7. The summed E-state index contributed by atoms with van der Waals surface area (Å²) in [6.45, 7) is 4.43. The quantitative estimate of drug-likeness (QED) is 0.821. The van der Waals surface area contributed by atoms with Gasteiger partial charge in [0.25, 0.3) is 0 Å². The van der Waals surface area contributed by atoms with Crippen molar-refractivity contribution in [1.82, 2.24) is 4.90 Å². The van der Waals surface area contributed by atoms with Gasteiger partial charge in [-0.15, -0.1) is 0 Å². The minimum atomic E-state index is -0.229. The number of hydrogen-bond acceptors (Lipinski definition) is 5. The van der Waals surface area contributed by atoms with Crippen LogP contribution in [0.1, 0.15) is 38.5 Å². The van der Waals surface area contributed by atoms with Crippen molar-refractivity contribution in [2.75, 3.05) is 39.5 Å². The summed E-state index contributed by atoms with van der Waals surface area (Å²) in [7, 11) is 0. The van der Waals surface area contributed by atoms with Crippen LogP contribution in [-0.2, 0) is 14.2 Å². The molecule has 2 aliphatic heterocycles. The fourth-order valence-corrected chi connectivity index (χ4v) is 3.65. The molecule has 3 fully saturated rings. The molecule has 0 aromatic rings. The Morgan fingerprint density at radius 2 is 1.95 bits per heavy atom. The SMILES string of the molecule is OCCOC1CCN(CC2COC3(CCCC3)O2)CC1. The van der Waals surface area contributed by atoms with E-state index in [9.17, 15) is 0 Å². The van der Waals surface area contributed by atoms with Crippen LogP contribution in [0, 0.1) is 0 Å². The third-order valence-electron chi connectivity index (χ3n) is 4.72. The van der Waals surface area contributed by atoms with Crippen LogP contribution in [0.3, 0.4) is 0 Å². The molecule has 1 spiro atoms. The van der Waals surface area contributed by atoms with Gasteiger partial charge in [0.15, 0.2) is 5.79 Å². The van der Waals surface area contributed by atoms with Crippen molar-refractivity contribution in [1.29, 1.82) is 0 Å². The molecule has 1 saturated carbocycles. The monoisotopic (exact) mass is 285 g/mol. The predicted octanol–water partition coefficient (Wildman–Crippen LogP) is 1.15. The standard InChI is InChI=1S/C15H27NO4/c17-9-10-18-13-3-7-16(8-4-13)11-14-12-19-15(20-14)5-1-2-6-15/h13-14,17H,1-12H2. The Bertz CT molecular complexity index is 298. The van der Waals surface area contributed by atoms with Gasteiger partial charge in [0.2, 0.25) is 0 Å². The van der Waals surface area contributed by atoms with Crippen LogP contribution in [0.25, 0.3) is 0 Å². The number of ether oxygens (including phenoxy) is 3. The van der Waals surface area contributed by atoms with E-state index in [1.807, 2.05) is 0 Å². The molecular weight excluding hydrogens is 258 g/mol. The van der Waals surface area contributed by atoms with Gasteiger partial charge in [0.05, 0.1) is 32.0 Å². The van der Waals surface area contributed by atoms with E-state index in [4.69, 9.17) is 19.3 Å². The zero-order valence-corrected chi connectivity index (χ0v) is 12.3. The fraction of sp³-hybridized carbons (Fsp3) is 1.00. The number of nitrogens with zero attached hydrogens (tertiary/aromatic N) is 1. The highest BCUT2D eigenvalue weighted by molar-refractivity contribution is 4.86. The Hall–Kier alpha value is -0.200. The molecule has 116 valence electrons. The summed E-state index contributed by atoms with van der Waals surface area (Å²) in [5, 5.41) is 8.77. The van der Waals surface area contributed by atoms with E-state index >= 15 is 0 Å². The molecule has 20 heavy (non-hydrogen) atoms. The molecule has 1 unspecified atom stereocenters. The Morgan fingerprint density at radius 1 is 1.20 bits per heavy atom. The van der Waals surface area contributed by atoms with E-state index in [0.29, 0.717) is 12.7 Å². The van der Waals surface area contributed by atoms with E-state index in [1.54, 1.807) is 0 Å². The van der Waals surface area contributed by atoms with Crippen molar-refractivity contribution >= 4 is 0 Å². The average molecular weight is 285 g/mol. The van der Waals surface area contributed by atoms with E-state index in [0.717, 1.165) is 51.9 Å². The van der Waals surface area contributed by atoms with Gasteiger partial charge in [-0.2, -0.15) is 0 Å². The average Bonchev–Trinajstić information content (AvgIpc) is 3.09. The number of likely N-dealkylation sites (tertiary alicyclic amines) is 1. The molecule has 2 saturated heterocycles. The lowest BCUT2D eigenvalue weighted by atomic mass is 10.1. The van der Waals surface area contributed by atoms with Gasteiger partial charge < -0.3 is 24.2 Å². The van der Waals surface area contributed by atoms with Crippen molar-refractivity contribution in [3.8, 4) is 0 Å². The van der Waals surface area contributed by atoms with Gasteiger partial charge in [-0.1, -0.05) is 0 Å². The van der Waals surface area contributed by atoms with Gasteiger partial charge in [-0.3, -0.25) is 0 Å². The second kappa shape index (κ2) is 6.71. The number of hydrogen-bond donors (Lipinski definition) is 1. The minimum absolute atomic E-state index is 0.121. The summed E-state index contributed by atoms with van der Waals surface area (Å²) in [4.78, 5) is 2.46. The zero-order valence-electron chi connectivity index (χ0n) is 12.3. The number of aliphatic hydroxyl groups is 1. The van der Waals surface area contributed by atoms with Gasteiger partial charge in [-0.05, 0) is 25.7 Å². The lowest BCUT2D eigenvalue weighted by Crippen LogP contribution is -2.42. The summed E-state index contributed by atoms with van der Waals surface area (Å²) >= 11 is 0. The molecule has 1 aliphatic carbocycles.